The molecule has 0 aliphatic carbocycles. The third-order valence-electron chi connectivity index (χ3n) is 16.5. The van der Waals surface area contributed by atoms with Gasteiger partial charge in [0.25, 0.3) is 0 Å². The lowest BCUT2D eigenvalue weighted by atomic mass is 9.96. The minimum absolute atomic E-state index is 0.240. The first-order chi connectivity index (χ1) is 39.8. The second-order valence-electron chi connectivity index (χ2n) is 23.6. The monoisotopic (exact) mass is 1180 g/mol. The van der Waals surface area contributed by atoms with Gasteiger partial charge in [0.1, 0.15) is 73.2 Å². The van der Waals surface area contributed by atoms with Gasteiger partial charge in [-0.1, -0.05) is 224 Å². The molecule has 19 nitrogen and oxygen atoms in total. The van der Waals surface area contributed by atoms with E-state index in [0.717, 1.165) is 38.5 Å². The molecular formula is C63H117NO18. The molecule has 3 aliphatic heterocycles. The first kappa shape index (κ1) is 74.5. The van der Waals surface area contributed by atoms with Gasteiger partial charge in [0, 0.05) is 6.42 Å². The number of aliphatic hydroxyl groups excluding tert-OH is 11. The molecule has 82 heavy (non-hydrogen) atoms. The molecule has 12 N–H and O–H groups in total. The fourth-order valence-corrected chi connectivity index (χ4v) is 11.1. The van der Waals surface area contributed by atoms with Gasteiger partial charge in [-0.3, -0.25) is 4.79 Å². The molecule has 3 saturated heterocycles. The first-order valence-electron chi connectivity index (χ1n) is 32.6. The number of nitrogens with one attached hydrogen (secondary N) is 1. The summed E-state index contributed by atoms with van der Waals surface area (Å²) in [5, 5.41) is 120. The van der Waals surface area contributed by atoms with Gasteiger partial charge < -0.3 is 89.9 Å². The van der Waals surface area contributed by atoms with Crippen molar-refractivity contribution in [3.8, 4) is 0 Å². The van der Waals surface area contributed by atoms with Crippen LogP contribution in [0, 0.1) is 0 Å². The fraction of sp³-hybridized carbons (Fsp3) is 0.921. The standard InChI is InChI=1S/C63H117NO18/c1-3-5-7-9-11-13-15-17-19-21-23-25-27-29-31-33-35-37-39-41-51(69)64-46(47(68)40-38-36-34-32-30-28-26-24-22-20-18-16-14-12-10-8-6-4-2)45-77-61-57(75)54(72)59(49(43-66)79-61)82-63-58(76)55(73)60(50(44-67)80-63)81-62-56(74)53(71)52(70)48(42-65)78-62/h30,32,38,40,46-50,52-63,65-68,70-76H,3-29,31,33-37,39,41-45H2,1-2H3,(H,64,69)/b32-30+,40-38+. The van der Waals surface area contributed by atoms with Gasteiger partial charge in [-0.25, -0.2) is 0 Å². The summed E-state index contributed by atoms with van der Waals surface area (Å²) in [5.74, 6) is -0.282. The van der Waals surface area contributed by atoms with Gasteiger partial charge in [0.2, 0.25) is 5.91 Å². The highest BCUT2D eigenvalue weighted by Crippen LogP contribution is 2.33. The summed E-state index contributed by atoms with van der Waals surface area (Å²) in [6, 6.07) is -0.985. The number of hydrogen-bond donors (Lipinski definition) is 12. The second-order valence-corrected chi connectivity index (χ2v) is 23.6. The van der Waals surface area contributed by atoms with Crippen LogP contribution in [0.15, 0.2) is 24.3 Å². The van der Waals surface area contributed by atoms with Crippen LogP contribution in [0.2, 0.25) is 0 Å². The third kappa shape index (κ3) is 29.3. The highest BCUT2D eigenvalue weighted by atomic mass is 16.8. The Balaban J connectivity index is 1.49. The number of carbonyl (C=O) groups is 1. The molecule has 0 radical (unpaired) electrons. The predicted molar refractivity (Wildman–Crippen MR) is 314 cm³/mol. The molecule has 17 unspecified atom stereocenters. The second kappa shape index (κ2) is 46.4. The van der Waals surface area contributed by atoms with Crippen LogP contribution in [0.5, 0.6) is 0 Å². The number of unbranched alkanes of at least 4 members (excludes halogenated alkanes) is 31. The van der Waals surface area contributed by atoms with E-state index in [1.165, 1.54) is 167 Å². The molecule has 0 aromatic carbocycles. The van der Waals surface area contributed by atoms with Crippen LogP contribution in [0.3, 0.4) is 0 Å². The number of carbonyl (C=O) groups excluding carboxylic acids is 1. The van der Waals surface area contributed by atoms with Crippen LogP contribution in [0.4, 0.5) is 0 Å². The van der Waals surface area contributed by atoms with E-state index in [4.69, 9.17) is 28.4 Å². The third-order valence-corrected chi connectivity index (χ3v) is 16.5. The van der Waals surface area contributed by atoms with Gasteiger partial charge in [-0.15, -0.1) is 0 Å². The zero-order valence-corrected chi connectivity index (χ0v) is 50.5. The Bertz CT molecular complexity index is 1590. The average molecular weight is 1180 g/mol. The predicted octanol–water partition coefficient (Wildman–Crippen LogP) is 7.10. The molecule has 1 amide bonds. The summed E-state index contributed by atoms with van der Waals surface area (Å²) in [4.78, 5) is 13.4. The topological polar surface area (TPSA) is 307 Å². The van der Waals surface area contributed by atoms with Crippen LogP contribution in [0.25, 0.3) is 0 Å². The molecule has 0 bridgehead atoms. The Morgan fingerprint density at radius 3 is 1.22 bits per heavy atom. The largest absolute Gasteiger partial charge is 0.394 e. The van der Waals surface area contributed by atoms with Gasteiger partial charge in [0.15, 0.2) is 18.9 Å². The molecule has 0 aromatic rings. The molecule has 0 spiro atoms. The smallest absolute Gasteiger partial charge is 0.220 e. The van der Waals surface area contributed by atoms with E-state index < -0.39 is 124 Å². The highest BCUT2D eigenvalue weighted by molar-refractivity contribution is 5.76. The van der Waals surface area contributed by atoms with E-state index in [-0.39, 0.29) is 18.9 Å². The Labute approximate surface area is 492 Å². The Hall–Kier alpha value is -1.73. The van der Waals surface area contributed by atoms with Crippen molar-refractivity contribution in [2.24, 2.45) is 0 Å². The van der Waals surface area contributed by atoms with Crippen molar-refractivity contribution >= 4 is 5.91 Å². The summed E-state index contributed by atoms with van der Waals surface area (Å²) < 4.78 is 34.3. The molecule has 0 aromatic heterocycles. The summed E-state index contributed by atoms with van der Waals surface area (Å²) in [6.45, 7) is 1.73. The molecule has 3 heterocycles. The van der Waals surface area contributed by atoms with E-state index in [0.29, 0.717) is 12.8 Å². The number of allylic oxidation sites excluding steroid dienone is 3. The number of hydrogen-bond acceptors (Lipinski definition) is 18. The van der Waals surface area contributed by atoms with Crippen molar-refractivity contribution in [1.82, 2.24) is 5.32 Å². The van der Waals surface area contributed by atoms with Crippen LogP contribution in [-0.4, -0.2) is 193 Å². The lowest BCUT2D eigenvalue weighted by molar-refractivity contribution is -0.379. The van der Waals surface area contributed by atoms with E-state index in [9.17, 15) is 61.0 Å². The normalized spacial score (nSPS) is 29.7. The number of rotatable bonds is 49. The number of aliphatic hydroxyl groups is 11. The quantitative estimate of drug-likeness (QED) is 0.0213. The van der Waals surface area contributed by atoms with Crippen LogP contribution >= 0.6 is 0 Å². The SMILES string of the molecule is CCCCCCCCCCCCCC/C=C/CC/C=C/C(O)C(COC1OC(CO)C(OC2OC(CO)C(OC3OC(CO)C(O)C(O)C3O)C(O)C2O)C(O)C1O)NC(=O)CCCCCCCCCCCCCCCCCCCCC. The Kier molecular flexibility index (Phi) is 42.2. The fourth-order valence-electron chi connectivity index (χ4n) is 11.1. The lowest BCUT2D eigenvalue weighted by Crippen LogP contribution is -2.66. The van der Waals surface area contributed by atoms with Crippen molar-refractivity contribution in [3.63, 3.8) is 0 Å². The molecule has 19 heteroatoms. The molecular weight excluding hydrogens is 1060 g/mol. The van der Waals surface area contributed by atoms with Crippen molar-refractivity contribution in [1.29, 1.82) is 0 Å². The molecule has 3 aliphatic rings. The number of ether oxygens (including phenoxy) is 6. The van der Waals surface area contributed by atoms with Crippen molar-refractivity contribution in [2.75, 3.05) is 26.4 Å². The maximum Gasteiger partial charge on any atom is 0.220 e. The summed E-state index contributed by atoms with van der Waals surface area (Å²) in [7, 11) is 0. The van der Waals surface area contributed by atoms with Crippen LogP contribution in [-0.2, 0) is 33.2 Å². The Morgan fingerprint density at radius 1 is 0.427 bits per heavy atom. The van der Waals surface area contributed by atoms with Crippen molar-refractivity contribution in [3.05, 3.63) is 24.3 Å². The van der Waals surface area contributed by atoms with Crippen LogP contribution < -0.4 is 5.32 Å². The maximum absolute atomic E-state index is 13.4. The van der Waals surface area contributed by atoms with Crippen molar-refractivity contribution < 1.29 is 89.4 Å². The lowest BCUT2D eigenvalue weighted by Gasteiger charge is -2.48. The Morgan fingerprint density at radius 2 is 0.780 bits per heavy atom. The summed E-state index contributed by atoms with van der Waals surface area (Å²) >= 11 is 0. The zero-order chi connectivity index (χ0) is 59.7. The molecule has 3 fully saturated rings. The van der Waals surface area contributed by atoms with Gasteiger partial charge in [-0.2, -0.15) is 0 Å². The summed E-state index contributed by atoms with van der Waals surface area (Å²) in [5.41, 5.74) is 0. The maximum atomic E-state index is 13.4. The van der Waals surface area contributed by atoms with E-state index in [1.807, 2.05) is 6.08 Å². The molecule has 482 valence electrons. The number of amides is 1. The van der Waals surface area contributed by atoms with E-state index in [1.54, 1.807) is 6.08 Å². The molecule has 0 saturated carbocycles. The van der Waals surface area contributed by atoms with E-state index >= 15 is 0 Å². The van der Waals surface area contributed by atoms with Gasteiger partial charge >= 0.3 is 0 Å². The van der Waals surface area contributed by atoms with Gasteiger partial charge in [0.05, 0.1) is 38.6 Å². The highest BCUT2D eigenvalue weighted by Gasteiger charge is 2.53. The molecule has 17 atom stereocenters. The van der Waals surface area contributed by atoms with Gasteiger partial charge in [-0.05, 0) is 32.1 Å². The van der Waals surface area contributed by atoms with Crippen molar-refractivity contribution in [2.45, 2.75) is 343 Å². The van der Waals surface area contributed by atoms with Crippen LogP contribution in [0.1, 0.15) is 239 Å². The minimum atomic E-state index is -1.98. The molecule has 3 rings (SSSR count). The minimum Gasteiger partial charge on any atom is -0.394 e. The first-order valence-corrected chi connectivity index (χ1v) is 32.6. The average Bonchev–Trinajstić information content (AvgIpc) is 3.25. The summed E-state index contributed by atoms with van der Waals surface area (Å²) in [6.07, 6.45) is 23.0. The van der Waals surface area contributed by atoms with E-state index in [2.05, 4.69) is 31.3 Å². The zero-order valence-electron chi connectivity index (χ0n) is 50.5.